The Balaban J connectivity index is 1.45. The van der Waals surface area contributed by atoms with E-state index in [1.54, 1.807) is 12.1 Å². The molecule has 27 heavy (non-hydrogen) atoms. The van der Waals surface area contributed by atoms with Gasteiger partial charge in [-0.2, -0.15) is 0 Å². The summed E-state index contributed by atoms with van der Waals surface area (Å²) in [4.78, 5) is 26.1. The number of amides is 2. The number of carbonyl (C=O) groups is 2. The van der Waals surface area contributed by atoms with Crippen LogP contribution in [-0.2, 0) is 17.8 Å². The molecule has 1 heterocycles. The van der Waals surface area contributed by atoms with Gasteiger partial charge in [0.25, 0.3) is 0 Å². The van der Waals surface area contributed by atoms with Gasteiger partial charge in [-0.3, -0.25) is 9.59 Å². The van der Waals surface area contributed by atoms with Crippen LogP contribution in [0, 0.1) is 0 Å². The minimum Gasteiger partial charge on any atom is -0.486 e. The molecule has 0 radical (unpaired) electrons. The molecule has 1 fully saturated rings. The van der Waals surface area contributed by atoms with Gasteiger partial charge in [-0.05, 0) is 48.2 Å². The first-order valence-corrected chi connectivity index (χ1v) is 9.17. The molecule has 4 rings (SSSR count). The fourth-order valence-electron chi connectivity index (χ4n) is 3.25. The van der Waals surface area contributed by atoms with Crippen LogP contribution in [0.2, 0.25) is 0 Å². The lowest BCUT2D eigenvalue weighted by Gasteiger charge is -2.23. The number of primary amides is 1. The van der Waals surface area contributed by atoms with E-state index in [0.717, 1.165) is 29.7 Å². The summed E-state index contributed by atoms with van der Waals surface area (Å²) < 4.78 is 11.1. The van der Waals surface area contributed by atoms with Gasteiger partial charge in [0, 0.05) is 18.2 Å². The van der Waals surface area contributed by atoms with Crippen LogP contribution in [0.25, 0.3) is 0 Å². The molecule has 2 aromatic rings. The molecule has 0 aromatic heterocycles. The minimum atomic E-state index is -0.449. The van der Waals surface area contributed by atoms with E-state index in [1.165, 1.54) is 0 Å². The van der Waals surface area contributed by atoms with Crippen molar-refractivity contribution in [3.05, 3.63) is 59.2 Å². The summed E-state index contributed by atoms with van der Waals surface area (Å²) in [6.07, 6.45) is 2.39. The molecule has 1 aliphatic carbocycles. The van der Waals surface area contributed by atoms with Crippen molar-refractivity contribution in [3.63, 3.8) is 0 Å². The average Bonchev–Trinajstić information content (AvgIpc) is 3.51. The van der Waals surface area contributed by atoms with E-state index in [1.807, 2.05) is 35.2 Å². The third kappa shape index (κ3) is 4.05. The van der Waals surface area contributed by atoms with E-state index in [0.29, 0.717) is 43.5 Å². The smallest absolute Gasteiger partial charge is 0.248 e. The number of nitrogens with two attached hydrogens (primary N) is 1. The van der Waals surface area contributed by atoms with Crippen molar-refractivity contribution in [2.45, 2.75) is 31.8 Å². The van der Waals surface area contributed by atoms with Crippen LogP contribution in [0.3, 0.4) is 0 Å². The fraction of sp³-hybridized carbons (Fsp3) is 0.333. The van der Waals surface area contributed by atoms with E-state index in [4.69, 9.17) is 15.2 Å². The second kappa shape index (κ2) is 7.31. The third-order valence-corrected chi connectivity index (χ3v) is 4.86. The van der Waals surface area contributed by atoms with Crippen molar-refractivity contribution in [1.29, 1.82) is 0 Å². The lowest BCUT2D eigenvalue weighted by atomic mass is 10.1. The summed E-state index contributed by atoms with van der Waals surface area (Å²) in [5.41, 5.74) is 7.66. The molecule has 0 atom stereocenters. The number of nitrogens with zero attached hydrogens (tertiary/aromatic N) is 1. The summed E-state index contributed by atoms with van der Waals surface area (Å²) in [6, 6.07) is 13.1. The molecular formula is C21H22N2O4. The van der Waals surface area contributed by atoms with Gasteiger partial charge in [-0.15, -0.1) is 0 Å². The third-order valence-electron chi connectivity index (χ3n) is 4.86. The number of carbonyl (C=O) groups excluding carboxylic acids is 2. The normalized spacial score (nSPS) is 15.3. The summed E-state index contributed by atoms with van der Waals surface area (Å²) >= 11 is 0. The molecule has 2 amide bonds. The van der Waals surface area contributed by atoms with Crippen LogP contribution in [0.4, 0.5) is 0 Å². The molecule has 1 saturated carbocycles. The zero-order valence-electron chi connectivity index (χ0n) is 15.0. The summed E-state index contributed by atoms with van der Waals surface area (Å²) in [5, 5.41) is 0. The molecule has 0 saturated heterocycles. The molecule has 140 valence electrons. The number of hydrogen-bond donors (Lipinski definition) is 1. The zero-order valence-corrected chi connectivity index (χ0v) is 15.0. The Morgan fingerprint density at radius 3 is 2.30 bits per heavy atom. The second-order valence-corrected chi connectivity index (χ2v) is 6.97. The highest BCUT2D eigenvalue weighted by molar-refractivity contribution is 5.92. The minimum absolute atomic E-state index is 0.0909. The molecule has 0 unspecified atom stereocenters. The van der Waals surface area contributed by atoms with E-state index in [9.17, 15) is 9.59 Å². The molecule has 6 heteroatoms. The number of ether oxygens (including phenoxy) is 2. The van der Waals surface area contributed by atoms with Gasteiger partial charge in [0.1, 0.15) is 13.2 Å². The number of hydrogen-bond acceptors (Lipinski definition) is 4. The SMILES string of the molecule is NC(=O)c1ccc(CN(C(=O)Cc2ccc3c(c2)OCCO3)C2CC2)cc1. The van der Waals surface area contributed by atoms with E-state index in [-0.39, 0.29) is 5.91 Å². The zero-order chi connectivity index (χ0) is 18.8. The largest absolute Gasteiger partial charge is 0.486 e. The van der Waals surface area contributed by atoms with Crippen LogP contribution in [0.5, 0.6) is 11.5 Å². The first-order chi connectivity index (χ1) is 13.1. The lowest BCUT2D eigenvalue weighted by molar-refractivity contribution is -0.131. The van der Waals surface area contributed by atoms with Crippen LogP contribution in [-0.4, -0.2) is 36.0 Å². The van der Waals surface area contributed by atoms with Crippen molar-refractivity contribution in [2.24, 2.45) is 5.73 Å². The van der Waals surface area contributed by atoms with Gasteiger partial charge in [-0.25, -0.2) is 0 Å². The molecule has 0 spiro atoms. The molecule has 2 N–H and O–H groups in total. The summed E-state index contributed by atoms with van der Waals surface area (Å²) in [6.45, 7) is 1.61. The van der Waals surface area contributed by atoms with Gasteiger partial charge in [0.2, 0.25) is 11.8 Å². The number of fused-ring (bicyclic) bond motifs is 1. The molecule has 0 bridgehead atoms. The highest BCUT2D eigenvalue weighted by Crippen LogP contribution is 2.32. The van der Waals surface area contributed by atoms with Gasteiger partial charge >= 0.3 is 0 Å². The van der Waals surface area contributed by atoms with Gasteiger partial charge in [0.15, 0.2) is 11.5 Å². The Morgan fingerprint density at radius 2 is 1.63 bits per heavy atom. The second-order valence-electron chi connectivity index (χ2n) is 6.97. The van der Waals surface area contributed by atoms with Crippen LogP contribution < -0.4 is 15.2 Å². The Bertz CT molecular complexity index is 859. The maximum Gasteiger partial charge on any atom is 0.248 e. The average molecular weight is 366 g/mol. The van der Waals surface area contributed by atoms with E-state index < -0.39 is 5.91 Å². The Labute approximate surface area is 157 Å². The molecule has 6 nitrogen and oxygen atoms in total. The molecular weight excluding hydrogens is 344 g/mol. The highest BCUT2D eigenvalue weighted by atomic mass is 16.6. The van der Waals surface area contributed by atoms with Gasteiger partial charge in [0.05, 0.1) is 6.42 Å². The monoisotopic (exact) mass is 366 g/mol. The van der Waals surface area contributed by atoms with Crippen LogP contribution >= 0.6 is 0 Å². The summed E-state index contributed by atoms with van der Waals surface area (Å²) in [5.74, 6) is 1.07. The van der Waals surface area contributed by atoms with Crippen molar-refractivity contribution >= 4 is 11.8 Å². The van der Waals surface area contributed by atoms with E-state index in [2.05, 4.69) is 0 Å². The van der Waals surface area contributed by atoms with Crippen molar-refractivity contribution in [1.82, 2.24) is 4.90 Å². The first kappa shape index (κ1) is 17.4. The van der Waals surface area contributed by atoms with Crippen molar-refractivity contribution in [2.75, 3.05) is 13.2 Å². The Morgan fingerprint density at radius 1 is 0.963 bits per heavy atom. The van der Waals surface area contributed by atoms with Crippen LogP contribution in [0.1, 0.15) is 34.3 Å². The number of benzene rings is 2. The molecule has 2 aromatic carbocycles. The fourth-order valence-corrected chi connectivity index (χ4v) is 3.25. The van der Waals surface area contributed by atoms with Crippen molar-refractivity contribution in [3.8, 4) is 11.5 Å². The summed E-state index contributed by atoms with van der Waals surface area (Å²) in [7, 11) is 0. The molecule has 1 aliphatic heterocycles. The van der Waals surface area contributed by atoms with Gasteiger partial charge in [-0.1, -0.05) is 18.2 Å². The maximum absolute atomic E-state index is 12.9. The predicted octanol–water partition coefficient (Wildman–Crippen LogP) is 2.29. The highest BCUT2D eigenvalue weighted by Gasteiger charge is 2.32. The van der Waals surface area contributed by atoms with Crippen LogP contribution in [0.15, 0.2) is 42.5 Å². The Hall–Kier alpha value is -3.02. The van der Waals surface area contributed by atoms with Crippen molar-refractivity contribution < 1.29 is 19.1 Å². The lowest BCUT2D eigenvalue weighted by Crippen LogP contribution is -2.33. The topological polar surface area (TPSA) is 81.9 Å². The van der Waals surface area contributed by atoms with E-state index >= 15 is 0 Å². The maximum atomic E-state index is 12.9. The predicted molar refractivity (Wildman–Crippen MR) is 99.7 cm³/mol. The van der Waals surface area contributed by atoms with Gasteiger partial charge < -0.3 is 20.1 Å². The standard InChI is InChI=1S/C21H22N2O4/c22-21(25)16-4-1-14(2-5-16)13-23(17-6-7-17)20(24)12-15-3-8-18-19(11-15)27-10-9-26-18/h1-5,8,11,17H,6-7,9-10,12-13H2,(H2,22,25). The first-order valence-electron chi connectivity index (χ1n) is 9.17. The molecule has 2 aliphatic rings. The number of rotatable bonds is 6. The Kier molecular flexibility index (Phi) is 4.71. The quantitative estimate of drug-likeness (QED) is 0.850.